The van der Waals surface area contributed by atoms with Gasteiger partial charge in [-0.1, -0.05) is 38.8 Å². The number of alkyl halides is 1. The van der Waals surface area contributed by atoms with Crippen molar-refractivity contribution in [2.24, 2.45) is 0 Å². The van der Waals surface area contributed by atoms with Gasteiger partial charge in [-0.2, -0.15) is 0 Å². The normalized spacial score (nSPS) is 13.1. The zero-order chi connectivity index (χ0) is 8.74. The van der Waals surface area contributed by atoms with E-state index >= 15 is 0 Å². The molecule has 0 saturated carbocycles. The van der Waals surface area contributed by atoms with Crippen LogP contribution < -0.4 is 0 Å². The maximum Gasteiger partial charge on any atom is 0.120 e. The number of hydrogen-bond acceptors (Lipinski definition) is 1. The van der Waals surface area contributed by atoms with E-state index in [1.165, 1.54) is 12.5 Å². The summed E-state index contributed by atoms with van der Waals surface area (Å²) in [5, 5.41) is 0.607. The number of hydrogen-bond donors (Lipinski definition) is 0. The van der Waals surface area contributed by atoms with Gasteiger partial charge in [-0.05, 0) is 11.1 Å². The van der Waals surface area contributed by atoms with Gasteiger partial charge in [0, 0.05) is 16.1 Å². The minimum atomic E-state index is 0.0353. The third-order valence-electron chi connectivity index (χ3n) is 2.18. The molecular weight excluding hydrogens is 176 g/mol. The van der Waals surface area contributed by atoms with Gasteiger partial charge in [0.2, 0.25) is 0 Å². The summed E-state index contributed by atoms with van der Waals surface area (Å²) in [6.45, 7) is 7.81. The average molecular weight is 195 g/mol. The molecule has 0 amide bonds. The minimum absolute atomic E-state index is 0.0353. The Morgan fingerprint density at radius 1 is 1.45 bits per heavy atom. The Balaban J connectivity index is 3.23. The SMILES string of the molecule is CCC(C)(C)[SiH2]CCOCCl. The molecule has 0 bridgehead atoms. The van der Waals surface area contributed by atoms with E-state index in [0.29, 0.717) is 11.1 Å². The van der Waals surface area contributed by atoms with E-state index in [9.17, 15) is 0 Å². The Labute approximate surface area is 77.3 Å². The molecule has 3 heteroatoms. The zero-order valence-corrected chi connectivity index (χ0v) is 9.99. The summed E-state index contributed by atoms with van der Waals surface area (Å²) < 4.78 is 5.07. The fourth-order valence-electron chi connectivity index (χ4n) is 0.884. The zero-order valence-electron chi connectivity index (χ0n) is 7.82. The largest absolute Gasteiger partial charge is 0.366 e. The molecule has 11 heavy (non-hydrogen) atoms. The van der Waals surface area contributed by atoms with Crippen molar-refractivity contribution in [1.82, 2.24) is 0 Å². The van der Waals surface area contributed by atoms with Crippen molar-refractivity contribution in [3.63, 3.8) is 0 Å². The molecule has 68 valence electrons. The predicted octanol–water partition coefficient (Wildman–Crippen LogP) is 2.39. The Bertz CT molecular complexity index is 96.1. The van der Waals surface area contributed by atoms with E-state index in [-0.39, 0.29) is 9.52 Å². The van der Waals surface area contributed by atoms with E-state index in [1.807, 2.05) is 0 Å². The third kappa shape index (κ3) is 6.85. The molecule has 0 fully saturated rings. The van der Waals surface area contributed by atoms with Crippen molar-refractivity contribution in [1.29, 1.82) is 0 Å². The van der Waals surface area contributed by atoms with Crippen LogP contribution in [0.4, 0.5) is 0 Å². The first-order valence-corrected chi connectivity index (χ1v) is 6.50. The van der Waals surface area contributed by atoms with Gasteiger partial charge in [0.25, 0.3) is 0 Å². The summed E-state index contributed by atoms with van der Waals surface area (Å²) in [5.41, 5.74) is 0. The maximum absolute atomic E-state index is 5.38. The highest BCUT2D eigenvalue weighted by Gasteiger charge is 2.14. The van der Waals surface area contributed by atoms with Gasteiger partial charge in [0.1, 0.15) is 6.07 Å². The number of ether oxygens (including phenoxy) is 1. The summed E-state index contributed by atoms with van der Waals surface area (Å²) >= 11 is 5.38. The van der Waals surface area contributed by atoms with Crippen LogP contribution in [-0.2, 0) is 4.74 Å². The first kappa shape index (κ1) is 11.5. The number of halogens is 1. The Hall–Kier alpha value is 0.467. The Morgan fingerprint density at radius 3 is 2.55 bits per heavy atom. The molecule has 0 spiro atoms. The summed E-state index contributed by atoms with van der Waals surface area (Å²) in [6, 6.07) is 1.61. The van der Waals surface area contributed by atoms with E-state index in [2.05, 4.69) is 20.8 Å². The fraction of sp³-hybridized carbons (Fsp3) is 1.00. The first-order valence-electron chi connectivity index (χ1n) is 4.26. The van der Waals surface area contributed by atoms with Crippen LogP contribution in [0.1, 0.15) is 27.2 Å². The van der Waals surface area contributed by atoms with Gasteiger partial charge in [0.15, 0.2) is 0 Å². The van der Waals surface area contributed by atoms with Crippen molar-refractivity contribution in [3.05, 3.63) is 0 Å². The second-order valence-corrected chi connectivity index (χ2v) is 6.98. The smallest absolute Gasteiger partial charge is 0.120 e. The molecule has 0 N–H and O–H groups in total. The lowest BCUT2D eigenvalue weighted by atomic mass is 10.1. The van der Waals surface area contributed by atoms with Crippen molar-refractivity contribution in [2.45, 2.75) is 38.3 Å². The Kier molecular flexibility index (Phi) is 6.29. The lowest BCUT2D eigenvalue weighted by molar-refractivity contribution is 0.194. The molecule has 0 heterocycles. The van der Waals surface area contributed by atoms with Crippen molar-refractivity contribution in [2.75, 3.05) is 12.7 Å². The van der Waals surface area contributed by atoms with Crippen molar-refractivity contribution in [3.8, 4) is 0 Å². The van der Waals surface area contributed by atoms with Crippen molar-refractivity contribution < 1.29 is 4.74 Å². The molecule has 1 nitrogen and oxygen atoms in total. The van der Waals surface area contributed by atoms with E-state index < -0.39 is 0 Å². The standard InChI is InChI=1S/C8H19ClOSi/c1-4-8(2,3)11-6-5-10-7-9/h4-7,11H2,1-3H3. The summed E-state index contributed by atoms with van der Waals surface area (Å²) in [7, 11) is 0.0353. The highest BCUT2D eigenvalue weighted by molar-refractivity contribution is 6.39. The lowest BCUT2D eigenvalue weighted by Crippen LogP contribution is -2.13. The second-order valence-electron chi connectivity index (χ2n) is 3.64. The van der Waals surface area contributed by atoms with Crippen LogP contribution in [-0.4, -0.2) is 22.2 Å². The monoisotopic (exact) mass is 194 g/mol. The second kappa shape index (κ2) is 6.04. The molecule has 0 unspecified atom stereocenters. The quantitative estimate of drug-likeness (QED) is 0.359. The molecule has 0 aromatic carbocycles. The van der Waals surface area contributed by atoms with Crippen LogP contribution in [0.5, 0.6) is 0 Å². The molecule has 0 saturated heterocycles. The molecular formula is C8H19ClOSi. The Morgan fingerprint density at radius 2 is 2.09 bits per heavy atom. The van der Waals surface area contributed by atoms with Gasteiger partial charge in [0.05, 0.1) is 0 Å². The maximum atomic E-state index is 5.38. The molecule has 0 rings (SSSR count). The lowest BCUT2D eigenvalue weighted by Gasteiger charge is -2.21. The average Bonchev–Trinajstić information content (AvgIpc) is 1.99. The molecule has 0 aliphatic rings. The number of rotatable bonds is 6. The van der Waals surface area contributed by atoms with E-state index in [4.69, 9.17) is 16.3 Å². The fourth-order valence-corrected chi connectivity index (χ4v) is 2.65. The molecule has 0 atom stereocenters. The van der Waals surface area contributed by atoms with Gasteiger partial charge in [-0.25, -0.2) is 0 Å². The molecule has 0 radical (unpaired) electrons. The minimum Gasteiger partial charge on any atom is -0.366 e. The van der Waals surface area contributed by atoms with E-state index in [0.717, 1.165) is 6.61 Å². The molecule has 0 aliphatic heterocycles. The third-order valence-corrected chi connectivity index (χ3v) is 4.83. The van der Waals surface area contributed by atoms with Gasteiger partial charge in [-0.15, -0.1) is 0 Å². The van der Waals surface area contributed by atoms with Crippen molar-refractivity contribution >= 4 is 21.1 Å². The summed E-state index contributed by atoms with van der Waals surface area (Å²) in [4.78, 5) is 0. The van der Waals surface area contributed by atoms with Crippen LogP contribution in [0.2, 0.25) is 11.1 Å². The van der Waals surface area contributed by atoms with Gasteiger partial charge >= 0.3 is 0 Å². The van der Waals surface area contributed by atoms with E-state index in [1.54, 1.807) is 0 Å². The van der Waals surface area contributed by atoms with Crippen LogP contribution in [0.3, 0.4) is 0 Å². The summed E-state index contributed by atoms with van der Waals surface area (Å²) in [6.07, 6.45) is 1.29. The predicted molar refractivity (Wildman–Crippen MR) is 54.4 cm³/mol. The van der Waals surface area contributed by atoms with Gasteiger partial charge < -0.3 is 4.74 Å². The van der Waals surface area contributed by atoms with Crippen LogP contribution in [0.25, 0.3) is 0 Å². The first-order chi connectivity index (χ1) is 5.12. The van der Waals surface area contributed by atoms with Crippen LogP contribution in [0, 0.1) is 0 Å². The van der Waals surface area contributed by atoms with Gasteiger partial charge in [-0.3, -0.25) is 0 Å². The highest BCUT2D eigenvalue weighted by atomic mass is 35.5. The summed E-state index contributed by atoms with van der Waals surface area (Å²) in [5.74, 6) is 0. The molecule has 0 aliphatic carbocycles. The highest BCUT2D eigenvalue weighted by Crippen LogP contribution is 2.27. The topological polar surface area (TPSA) is 9.23 Å². The van der Waals surface area contributed by atoms with Crippen LogP contribution >= 0.6 is 11.6 Å². The molecule has 0 aromatic rings. The van der Waals surface area contributed by atoms with Crippen LogP contribution in [0.15, 0.2) is 0 Å². The molecule has 0 aromatic heterocycles.